The van der Waals surface area contributed by atoms with Crippen molar-refractivity contribution in [3.8, 4) is 23.0 Å². The van der Waals surface area contributed by atoms with Crippen LogP contribution in [0, 0.1) is 5.92 Å². The van der Waals surface area contributed by atoms with E-state index in [0.717, 1.165) is 30.1 Å². The lowest BCUT2D eigenvalue weighted by Crippen LogP contribution is -2.13. The summed E-state index contributed by atoms with van der Waals surface area (Å²) in [7, 11) is 1.56. The van der Waals surface area contributed by atoms with Gasteiger partial charge in [0, 0.05) is 5.92 Å². The van der Waals surface area contributed by atoms with Gasteiger partial charge < -0.3 is 24.1 Å². The highest BCUT2D eigenvalue weighted by molar-refractivity contribution is 5.46. The molecule has 0 aliphatic carbocycles. The van der Waals surface area contributed by atoms with Gasteiger partial charge in [-0.15, -0.1) is 0 Å². The number of methoxy groups -OCH3 is 1. The van der Waals surface area contributed by atoms with Crippen LogP contribution in [-0.2, 0) is 11.2 Å². The van der Waals surface area contributed by atoms with Crippen LogP contribution in [0.4, 0.5) is 0 Å². The van der Waals surface area contributed by atoms with Gasteiger partial charge in [0.2, 0.25) is 6.79 Å². The molecule has 1 saturated heterocycles. The summed E-state index contributed by atoms with van der Waals surface area (Å²) in [6.45, 7) is 1.72. The van der Waals surface area contributed by atoms with E-state index < -0.39 is 0 Å². The fourth-order valence-corrected chi connectivity index (χ4v) is 3.46. The average Bonchev–Trinajstić information content (AvgIpc) is 3.24. The second kappa shape index (κ2) is 6.24. The normalized spacial score (nSPS) is 21.9. The predicted octanol–water partition coefficient (Wildman–Crippen LogP) is 3.10. The van der Waals surface area contributed by atoms with E-state index in [0.29, 0.717) is 24.2 Å². The summed E-state index contributed by atoms with van der Waals surface area (Å²) in [6, 6.07) is 11.6. The molecule has 2 aromatic carbocycles. The Morgan fingerprint density at radius 3 is 2.83 bits per heavy atom. The molecule has 2 aliphatic heterocycles. The Morgan fingerprint density at radius 1 is 1.08 bits per heavy atom. The van der Waals surface area contributed by atoms with Gasteiger partial charge in [-0.05, 0) is 47.7 Å². The van der Waals surface area contributed by atoms with Crippen LogP contribution in [0.1, 0.15) is 17.0 Å². The third kappa shape index (κ3) is 2.76. The van der Waals surface area contributed by atoms with Crippen LogP contribution in [0.15, 0.2) is 36.4 Å². The van der Waals surface area contributed by atoms with E-state index >= 15 is 0 Å². The molecule has 5 heteroatoms. The second-order valence-corrected chi connectivity index (χ2v) is 6.23. The van der Waals surface area contributed by atoms with Crippen LogP contribution >= 0.6 is 0 Å². The molecular weight excluding hydrogens is 308 g/mol. The van der Waals surface area contributed by atoms with Gasteiger partial charge in [-0.25, -0.2) is 0 Å². The summed E-state index contributed by atoms with van der Waals surface area (Å²) < 4.78 is 21.8. The summed E-state index contributed by atoms with van der Waals surface area (Å²) in [4.78, 5) is 0. The van der Waals surface area contributed by atoms with Gasteiger partial charge >= 0.3 is 0 Å². The lowest BCUT2D eigenvalue weighted by atomic mass is 9.84. The zero-order valence-electron chi connectivity index (χ0n) is 13.5. The van der Waals surface area contributed by atoms with E-state index in [2.05, 4.69) is 12.1 Å². The molecule has 0 bridgehead atoms. The second-order valence-electron chi connectivity index (χ2n) is 6.23. The molecule has 4 rings (SSSR count). The maximum atomic E-state index is 9.74. The Kier molecular flexibility index (Phi) is 3.94. The Labute approximate surface area is 140 Å². The summed E-state index contributed by atoms with van der Waals surface area (Å²) in [5, 5.41) is 9.74. The number of rotatable bonds is 4. The number of hydrogen-bond donors (Lipinski definition) is 1. The number of phenolic OH excluding ortho intramolecular Hbond substituents is 1. The van der Waals surface area contributed by atoms with Gasteiger partial charge in [0.15, 0.2) is 23.0 Å². The quantitative estimate of drug-likeness (QED) is 0.934. The first-order chi connectivity index (χ1) is 11.7. The van der Waals surface area contributed by atoms with Crippen molar-refractivity contribution in [2.24, 2.45) is 5.92 Å². The molecular formula is C19H20O5. The van der Waals surface area contributed by atoms with E-state index in [-0.39, 0.29) is 12.5 Å². The highest BCUT2D eigenvalue weighted by Crippen LogP contribution is 2.40. The molecule has 2 heterocycles. The molecule has 1 fully saturated rings. The van der Waals surface area contributed by atoms with E-state index in [9.17, 15) is 5.11 Å². The average molecular weight is 328 g/mol. The standard InChI is InChI=1S/C19H20O5/c1-21-18-7-12(2-4-16(18)20)6-14-9-22-10-15(14)13-3-5-17-19(8-13)24-11-23-17/h2-5,7-8,14-15,20H,6,9-11H2,1H3. The molecule has 126 valence electrons. The largest absolute Gasteiger partial charge is 0.504 e. The van der Waals surface area contributed by atoms with Gasteiger partial charge in [0.25, 0.3) is 0 Å². The number of aromatic hydroxyl groups is 1. The highest BCUT2D eigenvalue weighted by Gasteiger charge is 2.31. The first-order valence-electron chi connectivity index (χ1n) is 8.08. The van der Waals surface area contributed by atoms with E-state index in [1.165, 1.54) is 5.56 Å². The van der Waals surface area contributed by atoms with Crippen LogP contribution in [0.3, 0.4) is 0 Å². The fraction of sp³-hybridized carbons (Fsp3) is 0.368. The maximum absolute atomic E-state index is 9.74. The van der Waals surface area contributed by atoms with Crippen molar-refractivity contribution in [2.75, 3.05) is 27.1 Å². The van der Waals surface area contributed by atoms with Gasteiger partial charge in [-0.2, -0.15) is 0 Å². The smallest absolute Gasteiger partial charge is 0.231 e. The van der Waals surface area contributed by atoms with Gasteiger partial charge in [-0.1, -0.05) is 12.1 Å². The van der Waals surface area contributed by atoms with Crippen LogP contribution in [-0.4, -0.2) is 32.2 Å². The fourth-order valence-electron chi connectivity index (χ4n) is 3.46. The van der Waals surface area contributed by atoms with Crippen molar-refractivity contribution >= 4 is 0 Å². The molecule has 2 atom stereocenters. The predicted molar refractivity (Wildman–Crippen MR) is 88.0 cm³/mol. The van der Waals surface area contributed by atoms with Crippen molar-refractivity contribution in [2.45, 2.75) is 12.3 Å². The zero-order valence-corrected chi connectivity index (χ0v) is 13.5. The third-order valence-electron chi connectivity index (χ3n) is 4.77. The number of phenols is 1. The summed E-state index contributed by atoms with van der Waals surface area (Å²) in [5.41, 5.74) is 2.35. The molecule has 5 nitrogen and oxygen atoms in total. The Balaban J connectivity index is 1.55. The summed E-state index contributed by atoms with van der Waals surface area (Å²) in [6.07, 6.45) is 0.871. The lowest BCUT2D eigenvalue weighted by molar-refractivity contribution is 0.174. The Hall–Kier alpha value is -2.40. The van der Waals surface area contributed by atoms with E-state index in [1.807, 2.05) is 18.2 Å². The van der Waals surface area contributed by atoms with Crippen molar-refractivity contribution in [1.82, 2.24) is 0 Å². The van der Waals surface area contributed by atoms with Gasteiger partial charge in [0.1, 0.15) is 0 Å². The Morgan fingerprint density at radius 2 is 1.96 bits per heavy atom. The van der Waals surface area contributed by atoms with Crippen LogP contribution in [0.2, 0.25) is 0 Å². The number of ether oxygens (including phenoxy) is 4. The third-order valence-corrected chi connectivity index (χ3v) is 4.77. The van der Waals surface area contributed by atoms with Crippen LogP contribution < -0.4 is 14.2 Å². The van der Waals surface area contributed by atoms with Crippen LogP contribution in [0.5, 0.6) is 23.0 Å². The lowest BCUT2D eigenvalue weighted by Gasteiger charge is -2.19. The van der Waals surface area contributed by atoms with Gasteiger partial charge in [0.05, 0.1) is 20.3 Å². The van der Waals surface area contributed by atoms with Gasteiger partial charge in [-0.3, -0.25) is 0 Å². The maximum Gasteiger partial charge on any atom is 0.231 e. The SMILES string of the molecule is COc1cc(CC2COCC2c2ccc3c(c2)OCO3)ccc1O. The highest BCUT2D eigenvalue weighted by atomic mass is 16.7. The number of hydrogen-bond acceptors (Lipinski definition) is 5. The van der Waals surface area contributed by atoms with Crippen molar-refractivity contribution < 1.29 is 24.1 Å². The topological polar surface area (TPSA) is 57.2 Å². The summed E-state index contributed by atoms with van der Waals surface area (Å²) in [5.74, 6) is 2.98. The van der Waals surface area contributed by atoms with Crippen molar-refractivity contribution in [3.63, 3.8) is 0 Å². The minimum Gasteiger partial charge on any atom is -0.504 e. The molecule has 0 spiro atoms. The van der Waals surface area contributed by atoms with Crippen molar-refractivity contribution in [1.29, 1.82) is 0 Å². The molecule has 2 aliphatic rings. The number of benzene rings is 2. The monoisotopic (exact) mass is 328 g/mol. The molecule has 2 aromatic rings. The molecule has 0 aromatic heterocycles. The van der Waals surface area contributed by atoms with E-state index in [4.69, 9.17) is 18.9 Å². The molecule has 2 unspecified atom stereocenters. The van der Waals surface area contributed by atoms with Crippen molar-refractivity contribution in [3.05, 3.63) is 47.5 Å². The minimum absolute atomic E-state index is 0.163. The first kappa shape index (κ1) is 15.1. The Bertz CT molecular complexity index is 743. The zero-order chi connectivity index (χ0) is 16.5. The number of fused-ring (bicyclic) bond motifs is 1. The van der Waals surface area contributed by atoms with E-state index in [1.54, 1.807) is 13.2 Å². The molecule has 24 heavy (non-hydrogen) atoms. The van der Waals surface area contributed by atoms with Crippen LogP contribution in [0.25, 0.3) is 0 Å². The molecule has 1 N–H and O–H groups in total. The molecule has 0 radical (unpaired) electrons. The first-order valence-corrected chi connectivity index (χ1v) is 8.08. The molecule has 0 amide bonds. The minimum atomic E-state index is 0.163. The molecule has 0 saturated carbocycles. The summed E-state index contributed by atoms with van der Waals surface area (Å²) >= 11 is 0.